The van der Waals surface area contributed by atoms with E-state index in [0.29, 0.717) is 0 Å². The Kier molecular flexibility index (Phi) is 5.13. The summed E-state index contributed by atoms with van der Waals surface area (Å²) in [6.45, 7) is 4.07. The van der Waals surface area contributed by atoms with Crippen molar-refractivity contribution < 1.29 is 5.11 Å². The molecule has 1 aliphatic heterocycles. The molecule has 0 saturated carbocycles. The largest absolute Gasteiger partial charge is 0.388 e. The number of nitrogens with one attached hydrogen (secondary N) is 1. The summed E-state index contributed by atoms with van der Waals surface area (Å²) in [5.41, 5.74) is 3.92. The van der Waals surface area contributed by atoms with Gasteiger partial charge in [0.1, 0.15) is 0 Å². The molecular formula is C17H21NO. The van der Waals surface area contributed by atoms with E-state index in [1.165, 1.54) is 11.1 Å². The van der Waals surface area contributed by atoms with Crippen molar-refractivity contribution in [1.82, 2.24) is 5.32 Å². The fourth-order valence-electron chi connectivity index (χ4n) is 2.15. The molecule has 0 saturated heterocycles. The van der Waals surface area contributed by atoms with E-state index in [1.807, 2.05) is 37.3 Å². The normalized spacial score (nSPS) is 14.2. The second-order valence-corrected chi connectivity index (χ2v) is 4.71. The first-order chi connectivity index (χ1) is 9.31. The van der Waals surface area contributed by atoms with Crippen LogP contribution in [0.2, 0.25) is 0 Å². The summed E-state index contributed by atoms with van der Waals surface area (Å²) in [6.07, 6.45) is 0.491. The minimum Gasteiger partial charge on any atom is -0.388 e. The topological polar surface area (TPSA) is 32.3 Å². The van der Waals surface area contributed by atoms with Crippen LogP contribution in [0.5, 0.6) is 0 Å². The van der Waals surface area contributed by atoms with Crippen LogP contribution in [-0.2, 0) is 13.1 Å². The number of aliphatic hydroxyl groups is 1. The Hall–Kier alpha value is -1.64. The zero-order chi connectivity index (χ0) is 13.5. The van der Waals surface area contributed by atoms with Gasteiger partial charge >= 0.3 is 0 Å². The molecule has 0 radical (unpaired) electrons. The maximum Gasteiger partial charge on any atom is 0.0787 e. The summed E-state index contributed by atoms with van der Waals surface area (Å²) in [5, 5.41) is 12.6. The summed E-state index contributed by atoms with van der Waals surface area (Å²) in [7, 11) is 0. The zero-order valence-electron chi connectivity index (χ0n) is 11.3. The van der Waals surface area contributed by atoms with Gasteiger partial charge in [0.15, 0.2) is 0 Å². The SMILES string of the molecule is CCC(O)c1ccccc1.c1ccc2c(c1)CNC2. The van der Waals surface area contributed by atoms with Crippen LogP contribution in [0.15, 0.2) is 54.6 Å². The molecule has 0 amide bonds. The fraction of sp³-hybridized carbons (Fsp3) is 0.294. The number of aliphatic hydroxyl groups excluding tert-OH is 1. The van der Waals surface area contributed by atoms with E-state index in [0.717, 1.165) is 25.1 Å². The molecule has 0 spiro atoms. The van der Waals surface area contributed by atoms with E-state index in [2.05, 4.69) is 29.6 Å². The Morgan fingerprint density at radius 2 is 1.47 bits per heavy atom. The van der Waals surface area contributed by atoms with Crippen LogP contribution in [0.1, 0.15) is 36.1 Å². The van der Waals surface area contributed by atoms with Gasteiger partial charge in [0.05, 0.1) is 6.10 Å². The fourth-order valence-corrected chi connectivity index (χ4v) is 2.15. The van der Waals surface area contributed by atoms with Gasteiger partial charge in [-0.15, -0.1) is 0 Å². The van der Waals surface area contributed by atoms with Crippen molar-refractivity contribution in [2.24, 2.45) is 0 Å². The van der Waals surface area contributed by atoms with Crippen LogP contribution in [-0.4, -0.2) is 5.11 Å². The highest BCUT2D eigenvalue weighted by molar-refractivity contribution is 5.29. The lowest BCUT2D eigenvalue weighted by molar-refractivity contribution is 0.173. The zero-order valence-corrected chi connectivity index (χ0v) is 11.3. The highest BCUT2D eigenvalue weighted by atomic mass is 16.3. The molecule has 1 aliphatic rings. The summed E-state index contributed by atoms with van der Waals surface area (Å²) in [4.78, 5) is 0. The molecule has 0 fully saturated rings. The number of hydrogen-bond donors (Lipinski definition) is 2. The summed E-state index contributed by atoms with van der Waals surface area (Å²) < 4.78 is 0. The van der Waals surface area contributed by atoms with Crippen LogP contribution in [0.25, 0.3) is 0 Å². The Balaban J connectivity index is 0.000000141. The standard InChI is InChI=1S/C9H12O.C8H9N/c1-2-9(10)8-6-4-3-5-7-8;1-2-4-8-6-9-5-7(8)3-1/h3-7,9-10H,2H2,1H3;1-4,9H,5-6H2. The maximum absolute atomic E-state index is 9.33. The molecule has 100 valence electrons. The molecule has 0 aromatic heterocycles. The Morgan fingerprint density at radius 1 is 0.947 bits per heavy atom. The first kappa shape index (κ1) is 13.8. The monoisotopic (exact) mass is 255 g/mol. The van der Waals surface area contributed by atoms with Crippen LogP contribution in [0, 0.1) is 0 Å². The van der Waals surface area contributed by atoms with Gasteiger partial charge in [-0.2, -0.15) is 0 Å². The van der Waals surface area contributed by atoms with Crippen molar-refractivity contribution in [3.05, 3.63) is 71.3 Å². The first-order valence-electron chi connectivity index (χ1n) is 6.81. The van der Waals surface area contributed by atoms with E-state index >= 15 is 0 Å². The summed E-state index contributed by atoms with van der Waals surface area (Å²) >= 11 is 0. The highest BCUT2D eigenvalue weighted by Crippen LogP contribution is 2.14. The minimum atomic E-state index is -0.291. The van der Waals surface area contributed by atoms with E-state index in [9.17, 15) is 5.11 Å². The second kappa shape index (κ2) is 7.07. The average Bonchev–Trinajstić information content (AvgIpc) is 2.96. The predicted octanol–water partition coefficient (Wildman–Crippen LogP) is 3.42. The van der Waals surface area contributed by atoms with E-state index in [-0.39, 0.29) is 6.10 Å². The van der Waals surface area contributed by atoms with E-state index in [4.69, 9.17) is 0 Å². The van der Waals surface area contributed by atoms with Crippen molar-refractivity contribution in [1.29, 1.82) is 0 Å². The van der Waals surface area contributed by atoms with Gasteiger partial charge in [0.25, 0.3) is 0 Å². The first-order valence-corrected chi connectivity index (χ1v) is 6.81. The average molecular weight is 255 g/mol. The van der Waals surface area contributed by atoms with Gasteiger partial charge < -0.3 is 10.4 Å². The van der Waals surface area contributed by atoms with E-state index in [1.54, 1.807) is 0 Å². The molecule has 2 nitrogen and oxygen atoms in total. The molecule has 0 aliphatic carbocycles. The molecule has 2 N–H and O–H groups in total. The second-order valence-electron chi connectivity index (χ2n) is 4.71. The van der Waals surface area contributed by atoms with Gasteiger partial charge in [0.2, 0.25) is 0 Å². The molecule has 2 heteroatoms. The third kappa shape index (κ3) is 3.91. The highest BCUT2D eigenvalue weighted by Gasteiger charge is 2.06. The van der Waals surface area contributed by atoms with Crippen LogP contribution < -0.4 is 5.32 Å². The lowest BCUT2D eigenvalue weighted by Crippen LogP contribution is -1.99. The Morgan fingerprint density at radius 3 is 2.00 bits per heavy atom. The molecule has 3 rings (SSSR count). The molecule has 1 atom stereocenters. The van der Waals surface area contributed by atoms with Gasteiger partial charge in [-0.3, -0.25) is 0 Å². The maximum atomic E-state index is 9.33. The Labute approximate surface area is 115 Å². The molecule has 19 heavy (non-hydrogen) atoms. The van der Waals surface area contributed by atoms with Crippen molar-refractivity contribution in [2.45, 2.75) is 32.5 Å². The molecular weight excluding hydrogens is 234 g/mol. The van der Waals surface area contributed by atoms with Gasteiger partial charge in [-0.05, 0) is 23.1 Å². The van der Waals surface area contributed by atoms with Crippen molar-refractivity contribution in [3.63, 3.8) is 0 Å². The summed E-state index contributed by atoms with van der Waals surface area (Å²) in [6, 6.07) is 18.2. The lowest BCUT2D eigenvalue weighted by atomic mass is 10.1. The number of benzene rings is 2. The number of fused-ring (bicyclic) bond motifs is 1. The molecule has 0 bridgehead atoms. The molecule has 2 aromatic rings. The third-order valence-electron chi connectivity index (χ3n) is 3.32. The van der Waals surface area contributed by atoms with Gasteiger partial charge in [-0.1, -0.05) is 61.5 Å². The third-order valence-corrected chi connectivity index (χ3v) is 3.32. The van der Waals surface area contributed by atoms with Crippen molar-refractivity contribution in [3.8, 4) is 0 Å². The van der Waals surface area contributed by atoms with Gasteiger partial charge in [-0.25, -0.2) is 0 Å². The van der Waals surface area contributed by atoms with Crippen molar-refractivity contribution in [2.75, 3.05) is 0 Å². The van der Waals surface area contributed by atoms with Crippen LogP contribution in [0.3, 0.4) is 0 Å². The lowest BCUT2D eigenvalue weighted by Gasteiger charge is -2.05. The van der Waals surface area contributed by atoms with E-state index < -0.39 is 0 Å². The number of hydrogen-bond acceptors (Lipinski definition) is 2. The predicted molar refractivity (Wildman–Crippen MR) is 78.7 cm³/mol. The summed E-state index contributed by atoms with van der Waals surface area (Å²) in [5.74, 6) is 0. The quantitative estimate of drug-likeness (QED) is 0.861. The van der Waals surface area contributed by atoms with Crippen molar-refractivity contribution >= 4 is 0 Å². The molecule has 1 unspecified atom stereocenters. The molecule has 1 heterocycles. The smallest absolute Gasteiger partial charge is 0.0787 e. The number of rotatable bonds is 2. The Bertz CT molecular complexity index is 473. The van der Waals surface area contributed by atoms with Gasteiger partial charge in [0, 0.05) is 13.1 Å². The van der Waals surface area contributed by atoms with Crippen LogP contribution in [0.4, 0.5) is 0 Å². The molecule has 2 aromatic carbocycles. The minimum absolute atomic E-state index is 0.291. The van der Waals surface area contributed by atoms with Crippen LogP contribution >= 0.6 is 0 Å².